The summed E-state index contributed by atoms with van der Waals surface area (Å²) >= 11 is 0. The van der Waals surface area contributed by atoms with Crippen molar-refractivity contribution in [2.45, 2.75) is 19.1 Å². The van der Waals surface area contributed by atoms with Gasteiger partial charge < -0.3 is 4.90 Å². The van der Waals surface area contributed by atoms with Gasteiger partial charge in [0.1, 0.15) is 0 Å². The Morgan fingerprint density at radius 2 is 1.84 bits per heavy atom. The average Bonchev–Trinajstić information content (AvgIpc) is 2.98. The predicted octanol–water partition coefficient (Wildman–Crippen LogP) is 3.08. The minimum atomic E-state index is -4.50. The lowest BCUT2D eigenvalue weighted by atomic mass is 10.2. The highest BCUT2D eigenvalue weighted by Gasteiger charge is 2.33. The van der Waals surface area contributed by atoms with E-state index in [0.717, 1.165) is 30.4 Å². The van der Waals surface area contributed by atoms with Crippen LogP contribution in [-0.2, 0) is 12.7 Å². The number of aromatic nitrogens is 2. The monoisotopic (exact) mass is 352 g/mol. The lowest BCUT2D eigenvalue weighted by Gasteiger charge is -2.21. The molecule has 1 fully saturated rings. The molecule has 0 N–H and O–H groups in total. The zero-order chi connectivity index (χ0) is 17.9. The second kappa shape index (κ2) is 7.26. The summed E-state index contributed by atoms with van der Waals surface area (Å²) in [6.07, 6.45) is -2.30. The number of nitrogens with zero attached hydrogens (tertiary/aromatic N) is 4. The van der Waals surface area contributed by atoms with E-state index in [1.165, 1.54) is 5.56 Å². The highest BCUT2D eigenvalue weighted by Crippen LogP contribution is 2.28. The molecule has 2 aromatic rings. The number of benzene rings is 1. The van der Waals surface area contributed by atoms with Crippen molar-refractivity contribution in [2.24, 2.45) is 0 Å². The Morgan fingerprint density at radius 3 is 2.52 bits per heavy atom. The number of amides is 1. The molecule has 0 unspecified atom stereocenters. The van der Waals surface area contributed by atoms with E-state index in [4.69, 9.17) is 0 Å². The van der Waals surface area contributed by atoms with Gasteiger partial charge in [-0.1, -0.05) is 30.3 Å². The third-order valence-corrected chi connectivity index (χ3v) is 4.21. The van der Waals surface area contributed by atoms with E-state index in [-0.39, 0.29) is 0 Å². The molecular formula is C17H19F3N4O. The second-order valence-corrected chi connectivity index (χ2v) is 6.06. The number of rotatable bonds is 2. The van der Waals surface area contributed by atoms with Gasteiger partial charge in [-0.05, 0) is 12.0 Å². The fraction of sp³-hybridized carbons (Fsp3) is 0.412. The highest BCUT2D eigenvalue weighted by atomic mass is 19.4. The molecule has 1 aliphatic rings. The van der Waals surface area contributed by atoms with Crippen LogP contribution in [-0.4, -0.2) is 51.8 Å². The molecule has 1 amide bonds. The van der Waals surface area contributed by atoms with Crippen LogP contribution in [0.15, 0.2) is 42.7 Å². The molecule has 0 bridgehead atoms. The van der Waals surface area contributed by atoms with Crippen molar-refractivity contribution in [3.63, 3.8) is 0 Å². The van der Waals surface area contributed by atoms with Crippen LogP contribution in [0.3, 0.4) is 0 Å². The van der Waals surface area contributed by atoms with Gasteiger partial charge in [-0.25, -0.2) is 4.79 Å². The van der Waals surface area contributed by atoms with Crippen LogP contribution in [0.2, 0.25) is 0 Å². The quantitative estimate of drug-likeness (QED) is 0.834. The van der Waals surface area contributed by atoms with Crippen molar-refractivity contribution >= 4 is 6.03 Å². The number of halogens is 3. The maximum Gasteiger partial charge on any atom is 0.419 e. The molecule has 1 saturated heterocycles. The molecule has 25 heavy (non-hydrogen) atoms. The summed E-state index contributed by atoms with van der Waals surface area (Å²) in [5.41, 5.74) is 0.283. The number of hydrogen-bond donors (Lipinski definition) is 0. The first-order chi connectivity index (χ1) is 11.9. The van der Waals surface area contributed by atoms with Gasteiger partial charge in [0.2, 0.25) is 0 Å². The van der Waals surface area contributed by atoms with Crippen LogP contribution in [0, 0.1) is 0 Å². The molecule has 1 aromatic heterocycles. The van der Waals surface area contributed by atoms with Gasteiger partial charge in [-0.3, -0.25) is 4.90 Å². The van der Waals surface area contributed by atoms with Crippen LogP contribution in [0.4, 0.5) is 18.0 Å². The Labute approximate surface area is 143 Å². The van der Waals surface area contributed by atoms with Gasteiger partial charge in [0.05, 0.1) is 11.8 Å². The summed E-state index contributed by atoms with van der Waals surface area (Å²) in [5, 5.41) is 3.57. The maximum atomic E-state index is 12.6. The zero-order valence-electron chi connectivity index (χ0n) is 13.6. The first-order valence-electron chi connectivity index (χ1n) is 8.11. The van der Waals surface area contributed by atoms with Crippen molar-refractivity contribution < 1.29 is 18.0 Å². The summed E-state index contributed by atoms with van der Waals surface area (Å²) in [5.74, 6) is 0. The maximum absolute atomic E-state index is 12.6. The Bertz CT molecular complexity index is 714. The van der Waals surface area contributed by atoms with E-state index in [0.29, 0.717) is 25.8 Å². The standard InChI is InChI=1S/C17H19F3N4O/c18-17(19,20)15-11-21-24(13-15)16(25)23-8-4-7-22(9-10-23)12-14-5-2-1-3-6-14/h1-3,5-6,11,13H,4,7-10,12H2. The van der Waals surface area contributed by atoms with Crippen LogP contribution in [0.1, 0.15) is 17.5 Å². The van der Waals surface area contributed by atoms with Gasteiger partial charge in [0, 0.05) is 38.9 Å². The molecule has 2 heterocycles. The number of alkyl halides is 3. The Balaban J connectivity index is 1.60. The van der Waals surface area contributed by atoms with Crippen LogP contribution >= 0.6 is 0 Å². The third kappa shape index (κ3) is 4.39. The molecule has 3 rings (SSSR count). The van der Waals surface area contributed by atoms with Gasteiger partial charge in [-0.2, -0.15) is 23.0 Å². The van der Waals surface area contributed by atoms with Crippen molar-refractivity contribution in [2.75, 3.05) is 26.2 Å². The molecule has 0 radical (unpaired) electrons. The van der Waals surface area contributed by atoms with E-state index < -0.39 is 17.8 Å². The third-order valence-electron chi connectivity index (χ3n) is 4.21. The molecule has 1 aliphatic heterocycles. The van der Waals surface area contributed by atoms with Crippen molar-refractivity contribution in [3.05, 3.63) is 53.9 Å². The van der Waals surface area contributed by atoms with E-state index in [1.807, 2.05) is 18.2 Å². The van der Waals surface area contributed by atoms with Gasteiger partial charge >= 0.3 is 12.2 Å². The summed E-state index contributed by atoms with van der Waals surface area (Å²) in [7, 11) is 0. The first-order valence-corrected chi connectivity index (χ1v) is 8.11. The minimum Gasteiger partial charge on any atom is -0.322 e. The Morgan fingerprint density at radius 1 is 1.08 bits per heavy atom. The molecule has 8 heteroatoms. The lowest BCUT2D eigenvalue weighted by Crippen LogP contribution is -2.38. The highest BCUT2D eigenvalue weighted by molar-refractivity contribution is 5.76. The predicted molar refractivity (Wildman–Crippen MR) is 85.9 cm³/mol. The average molecular weight is 352 g/mol. The summed E-state index contributed by atoms with van der Waals surface area (Å²) < 4.78 is 38.7. The lowest BCUT2D eigenvalue weighted by molar-refractivity contribution is -0.137. The second-order valence-electron chi connectivity index (χ2n) is 6.06. The van der Waals surface area contributed by atoms with Crippen LogP contribution < -0.4 is 0 Å². The molecule has 0 spiro atoms. The Hall–Kier alpha value is -2.35. The summed E-state index contributed by atoms with van der Waals surface area (Å²) in [6, 6.07) is 9.52. The zero-order valence-corrected chi connectivity index (χ0v) is 13.6. The first kappa shape index (κ1) is 17.5. The fourth-order valence-electron chi connectivity index (χ4n) is 2.88. The fourth-order valence-corrected chi connectivity index (χ4v) is 2.88. The van der Waals surface area contributed by atoms with E-state index in [9.17, 15) is 18.0 Å². The summed E-state index contributed by atoms with van der Waals surface area (Å²) in [6.45, 7) is 3.28. The molecule has 0 aliphatic carbocycles. The van der Waals surface area contributed by atoms with Gasteiger partial charge in [-0.15, -0.1) is 0 Å². The van der Waals surface area contributed by atoms with E-state index in [1.54, 1.807) is 4.90 Å². The minimum absolute atomic E-state index is 0.465. The van der Waals surface area contributed by atoms with Crippen molar-refractivity contribution in [1.82, 2.24) is 19.6 Å². The van der Waals surface area contributed by atoms with Crippen LogP contribution in [0.25, 0.3) is 0 Å². The van der Waals surface area contributed by atoms with Gasteiger partial charge in [0.15, 0.2) is 0 Å². The topological polar surface area (TPSA) is 41.4 Å². The van der Waals surface area contributed by atoms with Crippen molar-refractivity contribution in [1.29, 1.82) is 0 Å². The smallest absolute Gasteiger partial charge is 0.322 e. The number of carbonyl (C=O) groups is 1. The number of hydrogen-bond acceptors (Lipinski definition) is 3. The largest absolute Gasteiger partial charge is 0.419 e. The van der Waals surface area contributed by atoms with E-state index in [2.05, 4.69) is 22.1 Å². The van der Waals surface area contributed by atoms with E-state index >= 15 is 0 Å². The normalized spacial score (nSPS) is 16.7. The van der Waals surface area contributed by atoms with Crippen LogP contribution in [0.5, 0.6) is 0 Å². The molecule has 134 valence electrons. The SMILES string of the molecule is O=C(N1CCCN(Cc2ccccc2)CC1)n1cc(C(F)(F)F)cn1. The Kier molecular flexibility index (Phi) is 5.08. The molecule has 1 aromatic carbocycles. The van der Waals surface area contributed by atoms with Gasteiger partial charge in [0.25, 0.3) is 0 Å². The summed E-state index contributed by atoms with van der Waals surface area (Å²) in [4.78, 5) is 16.2. The van der Waals surface area contributed by atoms with Crippen molar-refractivity contribution in [3.8, 4) is 0 Å². The molecule has 0 atom stereocenters. The molecular weight excluding hydrogens is 333 g/mol. The molecule has 5 nitrogen and oxygen atoms in total. The number of carbonyl (C=O) groups excluding carboxylic acids is 1. The molecule has 0 saturated carbocycles.